The molecule has 0 radical (unpaired) electrons. The second-order valence-corrected chi connectivity index (χ2v) is 4.18. The summed E-state index contributed by atoms with van der Waals surface area (Å²) in [4.78, 5) is 11.2. The maximum absolute atomic E-state index is 11.2. The van der Waals surface area contributed by atoms with Crippen LogP contribution in [0, 0.1) is 0 Å². The lowest BCUT2D eigenvalue weighted by Gasteiger charge is -2.10. The van der Waals surface area contributed by atoms with E-state index in [9.17, 15) is 4.79 Å². The van der Waals surface area contributed by atoms with Crippen LogP contribution < -0.4 is 9.47 Å². The summed E-state index contributed by atoms with van der Waals surface area (Å²) in [7, 11) is 3.12. The van der Waals surface area contributed by atoms with Crippen molar-refractivity contribution in [3.8, 4) is 11.5 Å². The van der Waals surface area contributed by atoms with Gasteiger partial charge in [-0.25, -0.2) is 4.79 Å². The minimum Gasteiger partial charge on any atom is -0.493 e. The van der Waals surface area contributed by atoms with Gasteiger partial charge >= 0.3 is 5.97 Å². The number of halogens is 1. The van der Waals surface area contributed by atoms with Crippen LogP contribution in [0.5, 0.6) is 11.5 Å². The van der Waals surface area contributed by atoms with E-state index in [0.717, 1.165) is 10.0 Å². The zero-order chi connectivity index (χ0) is 13.5. The molecule has 4 nitrogen and oxygen atoms in total. The van der Waals surface area contributed by atoms with E-state index in [1.54, 1.807) is 33.3 Å². The molecule has 0 N–H and O–H groups in total. The average Bonchev–Trinajstić information content (AvgIpc) is 2.36. The predicted octanol–water partition coefficient (Wildman–Crippen LogP) is 3.04. The molecule has 1 aromatic rings. The van der Waals surface area contributed by atoms with Gasteiger partial charge in [0.2, 0.25) is 0 Å². The van der Waals surface area contributed by atoms with Gasteiger partial charge in [-0.05, 0) is 46.6 Å². The molecule has 5 heteroatoms. The molecule has 0 saturated carbocycles. The Kier molecular flexibility index (Phi) is 5.71. The van der Waals surface area contributed by atoms with Crippen molar-refractivity contribution in [2.24, 2.45) is 0 Å². The van der Waals surface area contributed by atoms with Crippen molar-refractivity contribution in [1.29, 1.82) is 0 Å². The fourth-order valence-electron chi connectivity index (χ4n) is 1.39. The second kappa shape index (κ2) is 7.06. The molecule has 98 valence electrons. The lowest BCUT2D eigenvalue weighted by molar-refractivity contribution is -0.137. The minimum atomic E-state index is -0.372. The second-order valence-electron chi connectivity index (χ2n) is 3.32. The van der Waals surface area contributed by atoms with Gasteiger partial charge in [-0.3, -0.25) is 0 Å². The normalized spacial score (nSPS) is 10.4. The van der Waals surface area contributed by atoms with Crippen LogP contribution in [0.15, 0.2) is 22.7 Å². The Morgan fingerprint density at radius 3 is 2.61 bits per heavy atom. The van der Waals surface area contributed by atoms with Crippen molar-refractivity contribution >= 4 is 28.0 Å². The van der Waals surface area contributed by atoms with Gasteiger partial charge in [-0.2, -0.15) is 0 Å². The Bertz CT molecular complexity index is 455. The van der Waals surface area contributed by atoms with E-state index >= 15 is 0 Å². The molecule has 0 fully saturated rings. The largest absolute Gasteiger partial charge is 0.493 e. The van der Waals surface area contributed by atoms with E-state index in [0.29, 0.717) is 18.1 Å². The third-order valence-corrected chi connectivity index (χ3v) is 2.74. The van der Waals surface area contributed by atoms with Crippen LogP contribution in [0.2, 0.25) is 0 Å². The molecule has 0 saturated heterocycles. The van der Waals surface area contributed by atoms with E-state index in [1.807, 2.05) is 6.07 Å². The monoisotopic (exact) mass is 314 g/mol. The molecule has 0 aromatic heterocycles. The van der Waals surface area contributed by atoms with Crippen molar-refractivity contribution in [3.63, 3.8) is 0 Å². The summed E-state index contributed by atoms with van der Waals surface area (Å²) >= 11 is 3.38. The third kappa shape index (κ3) is 3.77. The highest BCUT2D eigenvalue weighted by Crippen LogP contribution is 2.36. The Labute approximate surface area is 115 Å². The van der Waals surface area contributed by atoms with Gasteiger partial charge in [0.1, 0.15) is 0 Å². The highest BCUT2D eigenvalue weighted by Gasteiger charge is 2.09. The third-order valence-electron chi connectivity index (χ3n) is 2.15. The van der Waals surface area contributed by atoms with Crippen molar-refractivity contribution in [3.05, 3.63) is 28.2 Å². The molecule has 0 spiro atoms. The average molecular weight is 315 g/mol. The number of benzene rings is 1. The van der Waals surface area contributed by atoms with Gasteiger partial charge < -0.3 is 14.2 Å². The number of hydrogen-bond donors (Lipinski definition) is 0. The molecule has 0 atom stereocenters. The standard InChI is InChI=1S/C13H15BrO4/c1-4-18-12(15)6-5-9-7-10(14)13(17-3)11(8-9)16-2/h5-8H,4H2,1-3H3/b6-5+. The van der Waals surface area contributed by atoms with Gasteiger partial charge in [-0.15, -0.1) is 0 Å². The fraction of sp³-hybridized carbons (Fsp3) is 0.308. The molecule has 0 unspecified atom stereocenters. The highest BCUT2D eigenvalue weighted by atomic mass is 79.9. The summed E-state index contributed by atoms with van der Waals surface area (Å²) in [5, 5.41) is 0. The number of carbonyl (C=O) groups is 1. The van der Waals surface area contributed by atoms with Gasteiger partial charge in [0.25, 0.3) is 0 Å². The van der Waals surface area contributed by atoms with Gasteiger partial charge in [0.15, 0.2) is 11.5 Å². The summed E-state index contributed by atoms with van der Waals surface area (Å²) < 4.78 is 16.0. The molecule has 0 bridgehead atoms. The zero-order valence-electron chi connectivity index (χ0n) is 10.5. The van der Waals surface area contributed by atoms with E-state index in [1.165, 1.54) is 6.08 Å². The first-order valence-corrected chi connectivity index (χ1v) is 6.18. The van der Waals surface area contributed by atoms with Crippen LogP contribution in [-0.2, 0) is 9.53 Å². The quantitative estimate of drug-likeness (QED) is 0.619. The van der Waals surface area contributed by atoms with Gasteiger partial charge in [0, 0.05) is 6.08 Å². The molecule has 0 heterocycles. The summed E-state index contributed by atoms with van der Waals surface area (Å²) in [6.07, 6.45) is 3.03. The number of esters is 1. The minimum absolute atomic E-state index is 0.360. The summed E-state index contributed by atoms with van der Waals surface area (Å²) in [5.74, 6) is 0.838. The zero-order valence-corrected chi connectivity index (χ0v) is 12.1. The first-order valence-electron chi connectivity index (χ1n) is 5.38. The summed E-state index contributed by atoms with van der Waals surface area (Å²) in [5.41, 5.74) is 0.813. The van der Waals surface area contributed by atoms with Crippen LogP contribution in [0.1, 0.15) is 12.5 Å². The molecule has 0 aliphatic rings. The lowest BCUT2D eigenvalue weighted by Crippen LogP contribution is -1.98. The lowest BCUT2D eigenvalue weighted by atomic mass is 10.2. The van der Waals surface area contributed by atoms with Crippen molar-refractivity contribution in [2.45, 2.75) is 6.92 Å². The van der Waals surface area contributed by atoms with Crippen LogP contribution >= 0.6 is 15.9 Å². The maximum Gasteiger partial charge on any atom is 0.330 e. The number of hydrogen-bond acceptors (Lipinski definition) is 4. The van der Waals surface area contributed by atoms with Crippen molar-refractivity contribution in [2.75, 3.05) is 20.8 Å². The number of methoxy groups -OCH3 is 2. The first kappa shape index (κ1) is 14.6. The predicted molar refractivity (Wildman–Crippen MR) is 72.9 cm³/mol. The van der Waals surface area contributed by atoms with Crippen LogP contribution in [0.4, 0.5) is 0 Å². The van der Waals surface area contributed by atoms with Gasteiger partial charge in [0.05, 0.1) is 25.3 Å². The van der Waals surface area contributed by atoms with Crippen molar-refractivity contribution in [1.82, 2.24) is 0 Å². The van der Waals surface area contributed by atoms with E-state index in [-0.39, 0.29) is 5.97 Å². The Hall–Kier alpha value is -1.49. The number of rotatable bonds is 5. The van der Waals surface area contributed by atoms with Crippen LogP contribution in [-0.4, -0.2) is 26.8 Å². The van der Waals surface area contributed by atoms with E-state index in [4.69, 9.17) is 14.2 Å². The summed E-state index contributed by atoms with van der Waals surface area (Å²) in [6.45, 7) is 2.12. The Balaban J connectivity index is 2.98. The number of ether oxygens (including phenoxy) is 3. The molecule has 0 aliphatic heterocycles. The SMILES string of the molecule is CCOC(=O)/C=C/c1cc(Br)c(OC)c(OC)c1. The molecular weight excluding hydrogens is 300 g/mol. The smallest absolute Gasteiger partial charge is 0.330 e. The molecular formula is C13H15BrO4. The fourth-order valence-corrected chi connectivity index (χ4v) is 2.01. The van der Waals surface area contributed by atoms with Crippen LogP contribution in [0.25, 0.3) is 6.08 Å². The van der Waals surface area contributed by atoms with E-state index < -0.39 is 0 Å². The first-order chi connectivity index (χ1) is 8.62. The molecule has 1 rings (SSSR count). The molecule has 0 amide bonds. The molecule has 1 aromatic carbocycles. The topological polar surface area (TPSA) is 44.8 Å². The molecule has 18 heavy (non-hydrogen) atoms. The van der Waals surface area contributed by atoms with Gasteiger partial charge in [-0.1, -0.05) is 0 Å². The Morgan fingerprint density at radius 1 is 1.33 bits per heavy atom. The number of carbonyl (C=O) groups excluding carboxylic acids is 1. The van der Waals surface area contributed by atoms with Crippen LogP contribution in [0.3, 0.4) is 0 Å². The summed E-state index contributed by atoms with van der Waals surface area (Å²) in [6, 6.07) is 3.61. The van der Waals surface area contributed by atoms with E-state index in [2.05, 4.69) is 15.9 Å². The Morgan fingerprint density at radius 2 is 2.06 bits per heavy atom. The molecule has 0 aliphatic carbocycles. The highest BCUT2D eigenvalue weighted by molar-refractivity contribution is 9.10. The van der Waals surface area contributed by atoms with Crippen molar-refractivity contribution < 1.29 is 19.0 Å². The maximum atomic E-state index is 11.2.